The molecule has 1 unspecified atom stereocenters. The van der Waals surface area contributed by atoms with Gasteiger partial charge < -0.3 is 15.3 Å². The number of likely N-dealkylation sites (tertiary alicyclic amines) is 1. The van der Waals surface area contributed by atoms with Crippen molar-refractivity contribution in [1.29, 1.82) is 0 Å². The minimum atomic E-state index is -0.748. The maximum Gasteiger partial charge on any atom is 0.225 e. The molecule has 1 heterocycles. The van der Waals surface area contributed by atoms with Crippen LogP contribution < -0.4 is 5.32 Å². The van der Waals surface area contributed by atoms with Crippen molar-refractivity contribution >= 4 is 11.8 Å². The molecular formula is C18H24N2O3. The molecule has 5 heteroatoms. The number of nitrogens with one attached hydrogen (secondary N) is 1. The van der Waals surface area contributed by atoms with E-state index in [1.165, 1.54) is 0 Å². The molecule has 0 spiro atoms. The van der Waals surface area contributed by atoms with Gasteiger partial charge >= 0.3 is 0 Å². The lowest BCUT2D eigenvalue weighted by molar-refractivity contribution is -0.129. The molecule has 23 heavy (non-hydrogen) atoms. The molecule has 0 aromatic heterocycles. The number of hydrogen-bond acceptors (Lipinski definition) is 3. The van der Waals surface area contributed by atoms with Gasteiger partial charge in [-0.05, 0) is 18.4 Å². The molecule has 124 valence electrons. The van der Waals surface area contributed by atoms with E-state index >= 15 is 0 Å². The van der Waals surface area contributed by atoms with Gasteiger partial charge in [-0.2, -0.15) is 0 Å². The molecule has 1 saturated heterocycles. The van der Waals surface area contributed by atoms with Crippen molar-refractivity contribution < 1.29 is 14.7 Å². The number of amides is 2. The van der Waals surface area contributed by atoms with Crippen LogP contribution in [-0.4, -0.2) is 40.5 Å². The van der Waals surface area contributed by atoms with Crippen LogP contribution in [0.5, 0.6) is 0 Å². The lowest BCUT2D eigenvalue weighted by atomic mass is 10.0. The summed E-state index contributed by atoms with van der Waals surface area (Å²) in [6, 6.07) is 9.80. The van der Waals surface area contributed by atoms with Crippen molar-refractivity contribution in [3.8, 4) is 0 Å². The van der Waals surface area contributed by atoms with Crippen molar-refractivity contribution in [2.75, 3.05) is 13.1 Å². The van der Waals surface area contributed by atoms with Crippen molar-refractivity contribution in [2.45, 2.75) is 44.2 Å². The van der Waals surface area contributed by atoms with E-state index in [9.17, 15) is 14.7 Å². The van der Waals surface area contributed by atoms with Gasteiger partial charge in [0, 0.05) is 26.1 Å². The van der Waals surface area contributed by atoms with Gasteiger partial charge in [-0.15, -0.1) is 0 Å². The molecule has 1 aromatic rings. The van der Waals surface area contributed by atoms with E-state index in [0.29, 0.717) is 19.6 Å². The Kier molecular flexibility index (Phi) is 4.66. The quantitative estimate of drug-likeness (QED) is 0.864. The number of carbonyl (C=O) groups is 2. The molecule has 1 atom stereocenters. The van der Waals surface area contributed by atoms with Gasteiger partial charge in [0.05, 0.1) is 11.5 Å². The van der Waals surface area contributed by atoms with Gasteiger partial charge in [-0.1, -0.05) is 43.2 Å². The van der Waals surface area contributed by atoms with Gasteiger partial charge in [0.2, 0.25) is 11.8 Å². The highest BCUT2D eigenvalue weighted by molar-refractivity contribution is 5.89. The van der Waals surface area contributed by atoms with Gasteiger partial charge in [0.1, 0.15) is 0 Å². The number of nitrogens with zero attached hydrogens (tertiary/aromatic N) is 1. The Hall–Kier alpha value is -1.88. The molecule has 1 aliphatic heterocycles. The van der Waals surface area contributed by atoms with Crippen LogP contribution in [0.4, 0.5) is 0 Å². The van der Waals surface area contributed by atoms with Crippen LogP contribution in [0.25, 0.3) is 0 Å². The predicted octanol–water partition coefficient (Wildman–Crippen LogP) is 1.46. The summed E-state index contributed by atoms with van der Waals surface area (Å²) in [5, 5.41) is 13.1. The Bertz CT molecular complexity index is 567. The first-order valence-electron chi connectivity index (χ1n) is 8.38. The zero-order chi connectivity index (χ0) is 16.3. The average molecular weight is 316 g/mol. The van der Waals surface area contributed by atoms with Gasteiger partial charge in [0.15, 0.2) is 0 Å². The van der Waals surface area contributed by atoms with E-state index in [4.69, 9.17) is 0 Å². The second kappa shape index (κ2) is 6.71. The Morgan fingerprint density at radius 2 is 1.96 bits per heavy atom. The van der Waals surface area contributed by atoms with Crippen molar-refractivity contribution in [3.05, 3.63) is 35.9 Å². The molecule has 0 radical (unpaired) electrons. The van der Waals surface area contributed by atoms with Crippen LogP contribution in [0, 0.1) is 5.92 Å². The highest BCUT2D eigenvalue weighted by Gasteiger charge is 2.36. The van der Waals surface area contributed by atoms with Crippen LogP contribution in [0.3, 0.4) is 0 Å². The molecular weight excluding hydrogens is 292 g/mol. The van der Waals surface area contributed by atoms with E-state index in [2.05, 4.69) is 5.32 Å². The van der Waals surface area contributed by atoms with Crippen LogP contribution in [0.2, 0.25) is 0 Å². The van der Waals surface area contributed by atoms with E-state index in [1.54, 1.807) is 4.90 Å². The van der Waals surface area contributed by atoms with E-state index in [0.717, 1.165) is 31.2 Å². The number of rotatable bonds is 5. The number of benzene rings is 1. The maximum atomic E-state index is 12.3. The van der Waals surface area contributed by atoms with Crippen LogP contribution in [0.15, 0.2) is 30.3 Å². The van der Waals surface area contributed by atoms with E-state index in [-0.39, 0.29) is 24.2 Å². The normalized spacial score (nSPS) is 23.3. The smallest absolute Gasteiger partial charge is 0.225 e. The molecule has 0 bridgehead atoms. The molecule has 1 saturated carbocycles. The third-order valence-corrected chi connectivity index (χ3v) is 4.93. The minimum absolute atomic E-state index is 0.0218. The summed E-state index contributed by atoms with van der Waals surface area (Å²) >= 11 is 0. The first kappa shape index (κ1) is 16.0. The average Bonchev–Trinajstić information content (AvgIpc) is 3.14. The summed E-state index contributed by atoms with van der Waals surface area (Å²) in [6.07, 6.45) is 3.78. The Labute approximate surface area is 136 Å². The fourth-order valence-corrected chi connectivity index (χ4v) is 3.51. The Balaban J connectivity index is 1.51. The highest BCUT2D eigenvalue weighted by Crippen LogP contribution is 2.29. The Morgan fingerprint density at radius 3 is 2.65 bits per heavy atom. The number of aliphatic hydroxyl groups is 1. The molecule has 2 fully saturated rings. The molecule has 2 N–H and O–H groups in total. The SMILES string of the molecule is O=C(NCC1(O)CCCC1)C1CC(=O)N(Cc2ccccc2)C1. The summed E-state index contributed by atoms with van der Waals surface area (Å²) in [7, 11) is 0. The zero-order valence-corrected chi connectivity index (χ0v) is 13.3. The van der Waals surface area contributed by atoms with Crippen LogP contribution in [-0.2, 0) is 16.1 Å². The van der Waals surface area contributed by atoms with Gasteiger partial charge in [0.25, 0.3) is 0 Å². The lowest BCUT2D eigenvalue weighted by Crippen LogP contribution is -2.43. The fraction of sp³-hybridized carbons (Fsp3) is 0.556. The number of carbonyl (C=O) groups excluding carboxylic acids is 2. The summed E-state index contributed by atoms with van der Waals surface area (Å²) in [5.41, 5.74) is 0.323. The molecule has 2 amide bonds. The highest BCUT2D eigenvalue weighted by atomic mass is 16.3. The summed E-state index contributed by atoms with van der Waals surface area (Å²) < 4.78 is 0. The first-order valence-corrected chi connectivity index (χ1v) is 8.38. The van der Waals surface area contributed by atoms with Crippen LogP contribution >= 0.6 is 0 Å². The van der Waals surface area contributed by atoms with E-state index < -0.39 is 5.60 Å². The summed E-state index contributed by atoms with van der Waals surface area (Å²) in [5.74, 6) is -0.404. The zero-order valence-electron chi connectivity index (χ0n) is 13.3. The summed E-state index contributed by atoms with van der Waals surface area (Å²) in [4.78, 5) is 26.1. The minimum Gasteiger partial charge on any atom is -0.388 e. The molecule has 3 rings (SSSR count). The monoisotopic (exact) mass is 316 g/mol. The number of hydrogen-bond donors (Lipinski definition) is 2. The molecule has 2 aliphatic rings. The van der Waals surface area contributed by atoms with E-state index in [1.807, 2.05) is 30.3 Å². The summed E-state index contributed by atoms with van der Waals surface area (Å²) in [6.45, 7) is 1.31. The lowest BCUT2D eigenvalue weighted by Gasteiger charge is -2.23. The first-order chi connectivity index (χ1) is 11.1. The van der Waals surface area contributed by atoms with Gasteiger partial charge in [-0.3, -0.25) is 9.59 Å². The largest absolute Gasteiger partial charge is 0.388 e. The third-order valence-electron chi connectivity index (χ3n) is 4.93. The standard InChI is InChI=1S/C18H24N2O3/c21-16-10-15(12-20(16)11-14-6-2-1-3-7-14)17(22)19-13-18(23)8-4-5-9-18/h1-3,6-7,15,23H,4-5,8-13H2,(H,19,22). The second-order valence-corrected chi connectivity index (χ2v) is 6.81. The third kappa shape index (κ3) is 3.91. The topological polar surface area (TPSA) is 69.6 Å². The molecule has 5 nitrogen and oxygen atoms in total. The predicted molar refractivity (Wildman–Crippen MR) is 86.4 cm³/mol. The molecule has 1 aromatic carbocycles. The van der Waals surface area contributed by atoms with Crippen molar-refractivity contribution in [2.24, 2.45) is 5.92 Å². The molecule has 1 aliphatic carbocycles. The van der Waals surface area contributed by atoms with Crippen molar-refractivity contribution in [3.63, 3.8) is 0 Å². The fourth-order valence-electron chi connectivity index (χ4n) is 3.51. The maximum absolute atomic E-state index is 12.3. The van der Waals surface area contributed by atoms with Crippen LogP contribution in [0.1, 0.15) is 37.7 Å². The van der Waals surface area contributed by atoms with Gasteiger partial charge in [-0.25, -0.2) is 0 Å². The second-order valence-electron chi connectivity index (χ2n) is 6.81. The van der Waals surface area contributed by atoms with Crippen molar-refractivity contribution in [1.82, 2.24) is 10.2 Å². The Morgan fingerprint density at radius 1 is 1.26 bits per heavy atom.